The zero-order chi connectivity index (χ0) is 14.9. The molecule has 1 aromatic heterocycles. The molecule has 20 heavy (non-hydrogen) atoms. The molecule has 2 aromatic rings. The fraction of sp³-hybridized carbons (Fsp3) is 0.429. The van der Waals surface area contributed by atoms with Gasteiger partial charge in [0.05, 0.1) is 12.0 Å². The first-order valence-electron chi connectivity index (χ1n) is 6.37. The summed E-state index contributed by atoms with van der Waals surface area (Å²) in [6.45, 7) is 5.50. The molecule has 1 heterocycles. The molecular formula is C14H16F2N2O2. The SMILES string of the molecule is CC(C)C(c1nc(-c2ccc(F)c(F)c2)no1)C(C)O. The van der Waals surface area contributed by atoms with Crippen LogP contribution in [0, 0.1) is 17.6 Å². The third kappa shape index (κ3) is 2.85. The lowest BCUT2D eigenvalue weighted by molar-refractivity contribution is 0.120. The molecule has 0 radical (unpaired) electrons. The van der Waals surface area contributed by atoms with E-state index in [1.807, 2.05) is 13.8 Å². The van der Waals surface area contributed by atoms with Crippen LogP contribution in [0.4, 0.5) is 8.78 Å². The van der Waals surface area contributed by atoms with Gasteiger partial charge in [0.1, 0.15) is 0 Å². The Bertz CT molecular complexity index is 589. The molecule has 2 rings (SSSR count). The Morgan fingerprint density at radius 3 is 2.40 bits per heavy atom. The molecule has 0 aliphatic carbocycles. The summed E-state index contributed by atoms with van der Waals surface area (Å²) in [4.78, 5) is 4.17. The highest BCUT2D eigenvalue weighted by atomic mass is 19.2. The molecule has 0 saturated carbocycles. The van der Waals surface area contributed by atoms with Gasteiger partial charge in [-0.3, -0.25) is 0 Å². The van der Waals surface area contributed by atoms with Gasteiger partial charge in [-0.2, -0.15) is 4.98 Å². The van der Waals surface area contributed by atoms with Crippen molar-refractivity contribution in [2.24, 2.45) is 5.92 Å². The summed E-state index contributed by atoms with van der Waals surface area (Å²) in [5.74, 6) is -1.64. The molecule has 2 unspecified atom stereocenters. The Morgan fingerprint density at radius 2 is 1.85 bits per heavy atom. The fourth-order valence-corrected chi connectivity index (χ4v) is 2.17. The summed E-state index contributed by atoms with van der Waals surface area (Å²) in [5, 5.41) is 13.5. The number of halogens is 2. The first kappa shape index (κ1) is 14.6. The summed E-state index contributed by atoms with van der Waals surface area (Å²) < 4.78 is 31.2. The van der Waals surface area contributed by atoms with Gasteiger partial charge < -0.3 is 9.63 Å². The van der Waals surface area contributed by atoms with E-state index in [-0.39, 0.29) is 23.6 Å². The minimum atomic E-state index is -0.968. The number of rotatable bonds is 4. The van der Waals surface area contributed by atoms with Gasteiger partial charge in [-0.15, -0.1) is 0 Å². The van der Waals surface area contributed by atoms with Crippen LogP contribution in [0.2, 0.25) is 0 Å². The van der Waals surface area contributed by atoms with E-state index in [1.165, 1.54) is 6.07 Å². The highest BCUT2D eigenvalue weighted by Crippen LogP contribution is 2.28. The normalized spacial score (nSPS) is 14.6. The van der Waals surface area contributed by atoms with E-state index in [0.29, 0.717) is 5.56 Å². The van der Waals surface area contributed by atoms with Crippen molar-refractivity contribution in [3.05, 3.63) is 35.7 Å². The lowest BCUT2D eigenvalue weighted by atomic mass is 9.91. The molecule has 0 aliphatic heterocycles. The maximum atomic E-state index is 13.2. The molecule has 4 nitrogen and oxygen atoms in total. The van der Waals surface area contributed by atoms with Crippen molar-refractivity contribution in [1.82, 2.24) is 10.1 Å². The monoisotopic (exact) mass is 282 g/mol. The molecule has 1 aromatic carbocycles. The van der Waals surface area contributed by atoms with E-state index in [1.54, 1.807) is 6.92 Å². The van der Waals surface area contributed by atoms with Crippen LogP contribution in [0.15, 0.2) is 22.7 Å². The van der Waals surface area contributed by atoms with Crippen LogP contribution < -0.4 is 0 Å². The highest BCUT2D eigenvalue weighted by Gasteiger charge is 2.27. The smallest absolute Gasteiger partial charge is 0.232 e. The van der Waals surface area contributed by atoms with Gasteiger partial charge in [0, 0.05) is 5.56 Å². The van der Waals surface area contributed by atoms with Crippen molar-refractivity contribution >= 4 is 0 Å². The number of aliphatic hydroxyl groups excluding tert-OH is 1. The van der Waals surface area contributed by atoms with Crippen molar-refractivity contribution in [1.29, 1.82) is 0 Å². The topological polar surface area (TPSA) is 59.2 Å². The van der Waals surface area contributed by atoms with Crippen LogP contribution in [0.25, 0.3) is 11.4 Å². The van der Waals surface area contributed by atoms with Crippen molar-refractivity contribution < 1.29 is 18.4 Å². The number of hydrogen-bond donors (Lipinski definition) is 1. The number of aliphatic hydroxyl groups is 1. The predicted octanol–water partition coefficient (Wildman–Crippen LogP) is 3.14. The van der Waals surface area contributed by atoms with Crippen molar-refractivity contribution in [3.8, 4) is 11.4 Å². The van der Waals surface area contributed by atoms with Crippen LogP contribution in [0.3, 0.4) is 0 Å². The molecule has 1 N–H and O–H groups in total. The lowest BCUT2D eigenvalue weighted by Gasteiger charge is -2.19. The number of nitrogens with zero attached hydrogens (tertiary/aromatic N) is 2. The van der Waals surface area contributed by atoms with Crippen LogP contribution >= 0.6 is 0 Å². The van der Waals surface area contributed by atoms with E-state index in [4.69, 9.17) is 4.52 Å². The number of hydrogen-bond acceptors (Lipinski definition) is 4. The molecular weight excluding hydrogens is 266 g/mol. The maximum Gasteiger partial charge on any atom is 0.232 e. The molecule has 6 heteroatoms. The largest absolute Gasteiger partial charge is 0.393 e. The Kier molecular flexibility index (Phi) is 4.13. The van der Waals surface area contributed by atoms with Crippen LogP contribution in [0.1, 0.15) is 32.6 Å². The summed E-state index contributed by atoms with van der Waals surface area (Å²) in [6, 6.07) is 3.39. The minimum Gasteiger partial charge on any atom is -0.393 e. The Hall–Kier alpha value is -1.82. The second kappa shape index (κ2) is 5.66. The van der Waals surface area contributed by atoms with Crippen molar-refractivity contribution in [2.75, 3.05) is 0 Å². The van der Waals surface area contributed by atoms with E-state index in [9.17, 15) is 13.9 Å². The quantitative estimate of drug-likeness (QED) is 0.936. The third-order valence-electron chi connectivity index (χ3n) is 3.14. The molecule has 0 bridgehead atoms. The van der Waals surface area contributed by atoms with Crippen molar-refractivity contribution in [2.45, 2.75) is 32.8 Å². The average molecular weight is 282 g/mol. The van der Waals surface area contributed by atoms with Gasteiger partial charge in [0.2, 0.25) is 11.7 Å². The lowest BCUT2D eigenvalue weighted by Crippen LogP contribution is -2.20. The number of benzene rings is 1. The molecule has 0 fully saturated rings. The van der Waals surface area contributed by atoms with Crippen LogP contribution in [0.5, 0.6) is 0 Å². The highest BCUT2D eigenvalue weighted by molar-refractivity contribution is 5.54. The second-order valence-corrected chi connectivity index (χ2v) is 5.10. The zero-order valence-corrected chi connectivity index (χ0v) is 11.5. The van der Waals surface area contributed by atoms with Gasteiger partial charge in [-0.25, -0.2) is 8.78 Å². The van der Waals surface area contributed by atoms with E-state index < -0.39 is 17.7 Å². The molecule has 0 amide bonds. The Labute approximate surface area is 115 Å². The fourth-order valence-electron chi connectivity index (χ4n) is 2.17. The van der Waals surface area contributed by atoms with E-state index in [0.717, 1.165) is 12.1 Å². The molecule has 0 aliphatic rings. The summed E-state index contributed by atoms with van der Waals surface area (Å²) in [6.07, 6.45) is -0.645. The summed E-state index contributed by atoms with van der Waals surface area (Å²) in [7, 11) is 0. The molecule has 2 atom stereocenters. The first-order chi connectivity index (χ1) is 9.40. The predicted molar refractivity (Wildman–Crippen MR) is 68.9 cm³/mol. The third-order valence-corrected chi connectivity index (χ3v) is 3.14. The van der Waals surface area contributed by atoms with Crippen LogP contribution in [-0.4, -0.2) is 21.4 Å². The van der Waals surface area contributed by atoms with Gasteiger partial charge >= 0.3 is 0 Å². The molecule has 0 saturated heterocycles. The van der Waals surface area contributed by atoms with Gasteiger partial charge in [-0.1, -0.05) is 19.0 Å². The average Bonchev–Trinajstić information content (AvgIpc) is 2.81. The van der Waals surface area contributed by atoms with Gasteiger partial charge in [-0.05, 0) is 31.0 Å². The van der Waals surface area contributed by atoms with E-state index in [2.05, 4.69) is 10.1 Å². The van der Waals surface area contributed by atoms with Gasteiger partial charge in [0.15, 0.2) is 11.6 Å². The molecule has 108 valence electrons. The second-order valence-electron chi connectivity index (χ2n) is 5.10. The Balaban J connectivity index is 2.34. The summed E-state index contributed by atoms with van der Waals surface area (Å²) >= 11 is 0. The molecule has 0 spiro atoms. The Morgan fingerprint density at radius 1 is 1.15 bits per heavy atom. The van der Waals surface area contributed by atoms with E-state index >= 15 is 0 Å². The minimum absolute atomic E-state index is 0.105. The zero-order valence-electron chi connectivity index (χ0n) is 11.5. The first-order valence-corrected chi connectivity index (χ1v) is 6.37. The van der Waals surface area contributed by atoms with Crippen LogP contribution in [-0.2, 0) is 0 Å². The standard InChI is InChI=1S/C14H16F2N2O2/c1-7(2)12(8(3)19)14-17-13(18-20-14)9-4-5-10(15)11(16)6-9/h4-8,12,19H,1-3H3. The summed E-state index contributed by atoms with van der Waals surface area (Å²) in [5.41, 5.74) is 0.326. The maximum absolute atomic E-state index is 13.2. The van der Waals surface area contributed by atoms with Gasteiger partial charge in [0.25, 0.3) is 0 Å². The van der Waals surface area contributed by atoms with Crippen molar-refractivity contribution in [3.63, 3.8) is 0 Å². The number of aromatic nitrogens is 2.